The van der Waals surface area contributed by atoms with Gasteiger partial charge in [-0.15, -0.1) is 0 Å². The van der Waals surface area contributed by atoms with Gasteiger partial charge in [-0.1, -0.05) is 36.4 Å². The van der Waals surface area contributed by atoms with Crippen LogP contribution in [-0.4, -0.2) is 20.7 Å². The van der Waals surface area contributed by atoms with E-state index in [4.69, 9.17) is 4.42 Å². The zero-order valence-corrected chi connectivity index (χ0v) is 17.0. The highest BCUT2D eigenvalue weighted by Crippen LogP contribution is 2.25. The average molecular weight is 426 g/mol. The van der Waals surface area contributed by atoms with Crippen molar-refractivity contribution in [1.29, 1.82) is 0 Å². The van der Waals surface area contributed by atoms with E-state index in [0.717, 1.165) is 11.1 Å². The average Bonchev–Trinajstić information content (AvgIpc) is 3.44. The summed E-state index contributed by atoms with van der Waals surface area (Å²) < 4.78 is 21.0. The van der Waals surface area contributed by atoms with E-state index in [0.29, 0.717) is 41.2 Å². The molecule has 1 N–H and O–H groups in total. The highest BCUT2D eigenvalue weighted by Gasteiger charge is 2.13. The van der Waals surface area contributed by atoms with E-state index in [1.54, 1.807) is 36.5 Å². The Labute approximate surface area is 183 Å². The number of amides is 1. The summed E-state index contributed by atoms with van der Waals surface area (Å²) in [6.07, 6.45) is 3.66. The van der Waals surface area contributed by atoms with Gasteiger partial charge in [0.1, 0.15) is 11.3 Å². The van der Waals surface area contributed by atoms with Crippen LogP contribution in [0.15, 0.2) is 89.6 Å². The number of hydrogen-bond donors (Lipinski definition) is 1. The van der Waals surface area contributed by atoms with E-state index in [1.807, 2.05) is 41.2 Å². The van der Waals surface area contributed by atoms with E-state index in [-0.39, 0.29) is 11.7 Å². The highest BCUT2D eigenvalue weighted by atomic mass is 19.1. The van der Waals surface area contributed by atoms with Crippen molar-refractivity contribution >= 4 is 17.0 Å². The third-order valence-corrected chi connectivity index (χ3v) is 5.05. The fourth-order valence-corrected chi connectivity index (χ4v) is 3.45. The minimum atomic E-state index is -0.364. The smallest absolute Gasteiger partial charge is 0.251 e. The number of aromatic nitrogens is 3. The molecule has 3 aromatic carbocycles. The fourth-order valence-electron chi connectivity index (χ4n) is 3.45. The van der Waals surface area contributed by atoms with Crippen molar-refractivity contribution in [2.45, 2.75) is 13.1 Å². The molecule has 0 aliphatic carbocycles. The Hall–Kier alpha value is -4.26. The number of halogens is 1. The van der Waals surface area contributed by atoms with Gasteiger partial charge in [0.2, 0.25) is 5.89 Å². The molecule has 0 atom stereocenters. The maximum absolute atomic E-state index is 13.5. The van der Waals surface area contributed by atoms with Crippen LogP contribution in [0, 0.1) is 5.82 Å². The van der Waals surface area contributed by atoms with Gasteiger partial charge in [-0.25, -0.2) is 9.37 Å². The molecule has 5 rings (SSSR count). The second-order valence-electron chi connectivity index (χ2n) is 7.43. The Bertz CT molecular complexity index is 1390. The number of nitrogens with one attached hydrogen (secondary N) is 1. The molecule has 0 fully saturated rings. The number of rotatable bonds is 6. The number of carbonyl (C=O) groups is 1. The molecule has 0 aliphatic rings. The summed E-state index contributed by atoms with van der Waals surface area (Å²) in [5.41, 5.74) is 4.14. The topological polar surface area (TPSA) is 73.0 Å². The predicted molar refractivity (Wildman–Crippen MR) is 118 cm³/mol. The molecule has 5 aromatic rings. The van der Waals surface area contributed by atoms with Gasteiger partial charge in [0, 0.05) is 29.4 Å². The van der Waals surface area contributed by atoms with Crippen molar-refractivity contribution in [2.75, 3.05) is 0 Å². The van der Waals surface area contributed by atoms with Crippen molar-refractivity contribution in [3.8, 4) is 11.5 Å². The Morgan fingerprint density at radius 3 is 2.72 bits per heavy atom. The molecule has 32 heavy (non-hydrogen) atoms. The summed E-state index contributed by atoms with van der Waals surface area (Å²) >= 11 is 0. The van der Waals surface area contributed by atoms with Crippen LogP contribution in [0.2, 0.25) is 0 Å². The predicted octanol–water partition coefficient (Wildman–Crippen LogP) is 4.81. The molecule has 0 saturated carbocycles. The summed E-state index contributed by atoms with van der Waals surface area (Å²) in [4.78, 5) is 17.0. The molecule has 0 spiro atoms. The van der Waals surface area contributed by atoms with Crippen molar-refractivity contribution in [3.05, 3.63) is 108 Å². The van der Waals surface area contributed by atoms with Crippen LogP contribution in [0.1, 0.15) is 21.5 Å². The van der Waals surface area contributed by atoms with Gasteiger partial charge in [-0.05, 0) is 42.0 Å². The number of oxazole rings is 1. The third-order valence-electron chi connectivity index (χ3n) is 5.05. The van der Waals surface area contributed by atoms with E-state index < -0.39 is 0 Å². The van der Waals surface area contributed by atoms with Crippen molar-refractivity contribution < 1.29 is 13.6 Å². The van der Waals surface area contributed by atoms with Crippen LogP contribution in [-0.2, 0) is 13.1 Å². The lowest BCUT2D eigenvalue weighted by atomic mass is 10.2. The molecular weight excluding hydrogens is 407 g/mol. The molecule has 0 aliphatic heterocycles. The normalized spacial score (nSPS) is 11.0. The van der Waals surface area contributed by atoms with Crippen LogP contribution in [0.3, 0.4) is 0 Å². The molecule has 0 unspecified atom stereocenters. The zero-order chi connectivity index (χ0) is 21.9. The number of hydrogen-bond acceptors (Lipinski definition) is 4. The largest absolute Gasteiger partial charge is 0.436 e. The minimum absolute atomic E-state index is 0.224. The monoisotopic (exact) mass is 426 g/mol. The lowest BCUT2D eigenvalue weighted by molar-refractivity contribution is 0.0951. The molecular formula is C25H19FN4O2. The zero-order valence-electron chi connectivity index (χ0n) is 17.0. The molecule has 7 heteroatoms. The van der Waals surface area contributed by atoms with Crippen LogP contribution < -0.4 is 5.32 Å². The lowest BCUT2D eigenvalue weighted by Gasteiger charge is -2.03. The van der Waals surface area contributed by atoms with E-state index in [2.05, 4.69) is 15.4 Å². The number of carbonyl (C=O) groups excluding carboxylic acids is 1. The van der Waals surface area contributed by atoms with Gasteiger partial charge in [0.05, 0.1) is 12.7 Å². The van der Waals surface area contributed by atoms with Gasteiger partial charge >= 0.3 is 0 Å². The first-order chi connectivity index (χ1) is 15.6. The molecule has 0 bridgehead atoms. The number of nitrogens with zero attached hydrogens (tertiary/aromatic N) is 3. The highest BCUT2D eigenvalue weighted by molar-refractivity contribution is 5.97. The number of fused-ring (bicyclic) bond motifs is 1. The van der Waals surface area contributed by atoms with Gasteiger partial charge < -0.3 is 9.73 Å². The second kappa shape index (κ2) is 8.47. The maximum Gasteiger partial charge on any atom is 0.251 e. The summed E-state index contributed by atoms with van der Waals surface area (Å²) in [6.45, 7) is 1.03. The summed E-state index contributed by atoms with van der Waals surface area (Å²) in [6, 6.07) is 21.1. The first-order valence-electron chi connectivity index (χ1n) is 10.1. The Kier molecular flexibility index (Phi) is 5.21. The number of benzene rings is 3. The van der Waals surface area contributed by atoms with E-state index in [9.17, 15) is 9.18 Å². The van der Waals surface area contributed by atoms with Crippen molar-refractivity contribution in [2.24, 2.45) is 0 Å². The summed E-state index contributed by atoms with van der Waals surface area (Å²) in [5, 5.41) is 7.26. The molecule has 0 saturated heterocycles. The van der Waals surface area contributed by atoms with Crippen LogP contribution in [0.25, 0.3) is 22.6 Å². The Morgan fingerprint density at radius 1 is 1.00 bits per heavy atom. The first kappa shape index (κ1) is 19.7. The summed E-state index contributed by atoms with van der Waals surface area (Å²) in [5.74, 6) is -0.280. The first-order valence-corrected chi connectivity index (χ1v) is 10.1. The van der Waals surface area contributed by atoms with Gasteiger partial charge in [-0.2, -0.15) is 5.10 Å². The van der Waals surface area contributed by atoms with Gasteiger partial charge in [0.25, 0.3) is 5.91 Å². The van der Waals surface area contributed by atoms with E-state index in [1.165, 1.54) is 12.1 Å². The van der Waals surface area contributed by atoms with Crippen molar-refractivity contribution in [3.63, 3.8) is 0 Å². The molecule has 0 radical (unpaired) electrons. The standard InChI is InChI=1S/C25H19FN4O2/c26-21-8-4-7-20(11-21)25-29-22-12-19(9-10-23(22)32-25)24(31)27-13-18-14-28-30(16-18)15-17-5-2-1-3-6-17/h1-12,14,16H,13,15H2,(H,27,31). The van der Waals surface area contributed by atoms with E-state index >= 15 is 0 Å². The van der Waals surface area contributed by atoms with Gasteiger partial charge in [-0.3, -0.25) is 9.48 Å². The SMILES string of the molecule is O=C(NCc1cnn(Cc2ccccc2)c1)c1ccc2oc(-c3cccc(F)c3)nc2c1. The molecule has 2 heterocycles. The Morgan fingerprint density at radius 2 is 1.88 bits per heavy atom. The summed E-state index contributed by atoms with van der Waals surface area (Å²) in [7, 11) is 0. The molecule has 6 nitrogen and oxygen atoms in total. The van der Waals surface area contributed by atoms with Crippen LogP contribution >= 0.6 is 0 Å². The maximum atomic E-state index is 13.5. The van der Waals surface area contributed by atoms with Gasteiger partial charge in [0.15, 0.2) is 5.58 Å². The quantitative estimate of drug-likeness (QED) is 0.423. The third kappa shape index (κ3) is 4.27. The molecule has 2 aromatic heterocycles. The van der Waals surface area contributed by atoms with Crippen LogP contribution in [0.5, 0.6) is 0 Å². The second-order valence-corrected chi connectivity index (χ2v) is 7.43. The van der Waals surface area contributed by atoms with Crippen molar-refractivity contribution in [1.82, 2.24) is 20.1 Å². The Balaban J connectivity index is 1.26. The lowest BCUT2D eigenvalue weighted by Crippen LogP contribution is -2.22. The molecule has 1 amide bonds. The fraction of sp³-hybridized carbons (Fsp3) is 0.0800. The van der Waals surface area contributed by atoms with Crippen LogP contribution in [0.4, 0.5) is 4.39 Å². The minimum Gasteiger partial charge on any atom is -0.436 e. The molecule has 158 valence electrons.